The second-order valence-corrected chi connectivity index (χ2v) is 7.39. The summed E-state index contributed by atoms with van der Waals surface area (Å²) < 4.78 is 18.9. The van der Waals surface area contributed by atoms with Crippen molar-refractivity contribution in [2.75, 3.05) is 24.3 Å². The molecular formula is C24H26FN3O3. The molecule has 0 bridgehead atoms. The maximum absolute atomic E-state index is 13.4. The largest absolute Gasteiger partial charge is 0.467 e. The molecule has 162 valence electrons. The Bertz CT molecular complexity index is 1050. The predicted molar refractivity (Wildman–Crippen MR) is 118 cm³/mol. The van der Waals surface area contributed by atoms with E-state index in [4.69, 9.17) is 4.42 Å². The summed E-state index contributed by atoms with van der Waals surface area (Å²) in [5.74, 6) is -0.179. The number of rotatable bonds is 8. The van der Waals surface area contributed by atoms with Crippen LogP contribution in [0.15, 0.2) is 65.3 Å². The second kappa shape index (κ2) is 9.93. The molecule has 0 radical (unpaired) electrons. The van der Waals surface area contributed by atoms with Crippen LogP contribution in [0.1, 0.15) is 35.0 Å². The van der Waals surface area contributed by atoms with Gasteiger partial charge in [-0.2, -0.15) is 0 Å². The van der Waals surface area contributed by atoms with E-state index in [0.29, 0.717) is 31.0 Å². The van der Waals surface area contributed by atoms with Crippen molar-refractivity contribution in [3.8, 4) is 0 Å². The molecule has 0 spiro atoms. The lowest BCUT2D eigenvalue weighted by molar-refractivity contribution is -0.132. The van der Waals surface area contributed by atoms with Crippen LogP contribution in [0, 0.1) is 5.82 Å². The SMILES string of the molecule is CCC(=O)N(Cc1ccco1)Cc1cc(NC(=O)c2cccc(F)c2)ccc1N(C)C. The number of carbonyl (C=O) groups is 2. The molecule has 2 amide bonds. The average molecular weight is 423 g/mol. The molecule has 0 saturated carbocycles. The number of halogens is 1. The molecule has 6 nitrogen and oxygen atoms in total. The number of hydrogen-bond acceptors (Lipinski definition) is 4. The van der Waals surface area contributed by atoms with Crippen LogP contribution in [0.4, 0.5) is 15.8 Å². The summed E-state index contributed by atoms with van der Waals surface area (Å²) >= 11 is 0. The first-order valence-electron chi connectivity index (χ1n) is 10.0. The number of carbonyl (C=O) groups excluding carboxylic acids is 2. The summed E-state index contributed by atoms with van der Waals surface area (Å²) in [6.07, 6.45) is 1.95. The minimum atomic E-state index is -0.469. The minimum absolute atomic E-state index is 0.00435. The van der Waals surface area contributed by atoms with Crippen LogP contribution in [-0.4, -0.2) is 30.8 Å². The molecule has 3 aromatic rings. The van der Waals surface area contributed by atoms with Crippen molar-refractivity contribution in [2.45, 2.75) is 26.4 Å². The van der Waals surface area contributed by atoms with E-state index in [-0.39, 0.29) is 11.5 Å². The third kappa shape index (κ3) is 5.72. The van der Waals surface area contributed by atoms with Crippen LogP contribution in [0.3, 0.4) is 0 Å². The van der Waals surface area contributed by atoms with E-state index >= 15 is 0 Å². The fourth-order valence-corrected chi connectivity index (χ4v) is 3.31. The molecule has 1 aromatic heterocycles. The van der Waals surface area contributed by atoms with Crippen LogP contribution in [0.5, 0.6) is 0 Å². The topological polar surface area (TPSA) is 65.8 Å². The fourth-order valence-electron chi connectivity index (χ4n) is 3.31. The van der Waals surface area contributed by atoms with Gasteiger partial charge >= 0.3 is 0 Å². The van der Waals surface area contributed by atoms with Crippen molar-refractivity contribution in [3.05, 3.63) is 83.6 Å². The molecule has 7 heteroatoms. The number of nitrogens with zero attached hydrogens (tertiary/aromatic N) is 2. The van der Waals surface area contributed by atoms with E-state index in [0.717, 1.165) is 11.3 Å². The van der Waals surface area contributed by atoms with Gasteiger partial charge in [0.25, 0.3) is 5.91 Å². The lowest BCUT2D eigenvalue weighted by Gasteiger charge is -2.25. The monoisotopic (exact) mass is 423 g/mol. The molecule has 0 aliphatic heterocycles. The average Bonchev–Trinajstić information content (AvgIpc) is 3.26. The molecule has 31 heavy (non-hydrogen) atoms. The Labute approximate surface area is 181 Å². The third-order valence-corrected chi connectivity index (χ3v) is 4.85. The molecule has 3 rings (SSSR count). The quantitative estimate of drug-likeness (QED) is 0.572. The summed E-state index contributed by atoms with van der Waals surface area (Å²) in [6, 6.07) is 14.7. The highest BCUT2D eigenvalue weighted by Gasteiger charge is 2.18. The van der Waals surface area contributed by atoms with E-state index in [1.165, 1.54) is 18.2 Å². The summed E-state index contributed by atoms with van der Waals surface area (Å²) in [4.78, 5) is 28.8. The standard InChI is InChI=1S/C24H26FN3O3/c1-4-23(29)28(16-21-9-6-12-31-21)15-18-14-20(10-11-22(18)27(2)3)26-24(30)17-7-5-8-19(25)13-17/h5-14H,4,15-16H2,1-3H3,(H,26,30). The minimum Gasteiger partial charge on any atom is -0.467 e. The lowest BCUT2D eigenvalue weighted by Crippen LogP contribution is -2.30. The summed E-state index contributed by atoms with van der Waals surface area (Å²) in [7, 11) is 3.84. The fraction of sp³-hybridized carbons (Fsp3) is 0.250. The first-order valence-corrected chi connectivity index (χ1v) is 10.0. The van der Waals surface area contributed by atoms with Gasteiger partial charge in [0, 0.05) is 44.0 Å². The Balaban J connectivity index is 1.86. The van der Waals surface area contributed by atoms with Crippen LogP contribution < -0.4 is 10.2 Å². The van der Waals surface area contributed by atoms with Gasteiger partial charge < -0.3 is 19.5 Å². The first kappa shape index (κ1) is 22.1. The third-order valence-electron chi connectivity index (χ3n) is 4.85. The van der Waals surface area contributed by atoms with Gasteiger partial charge in [0.2, 0.25) is 5.91 Å². The van der Waals surface area contributed by atoms with E-state index < -0.39 is 11.7 Å². The number of anilines is 2. The van der Waals surface area contributed by atoms with Gasteiger partial charge in [-0.15, -0.1) is 0 Å². The normalized spacial score (nSPS) is 10.6. The van der Waals surface area contributed by atoms with E-state index in [1.54, 1.807) is 29.4 Å². The summed E-state index contributed by atoms with van der Waals surface area (Å²) in [5.41, 5.74) is 2.60. The molecule has 1 heterocycles. The molecule has 0 atom stereocenters. The zero-order valence-electron chi connectivity index (χ0n) is 17.9. The van der Waals surface area contributed by atoms with Crippen molar-refractivity contribution >= 4 is 23.2 Å². The zero-order valence-corrected chi connectivity index (χ0v) is 17.9. The van der Waals surface area contributed by atoms with E-state index in [2.05, 4.69) is 5.32 Å². The Morgan fingerprint density at radius 3 is 2.48 bits per heavy atom. The van der Waals surface area contributed by atoms with Crippen molar-refractivity contribution in [1.29, 1.82) is 0 Å². The Morgan fingerprint density at radius 2 is 1.84 bits per heavy atom. The number of furan rings is 1. The highest BCUT2D eigenvalue weighted by Crippen LogP contribution is 2.26. The highest BCUT2D eigenvalue weighted by atomic mass is 19.1. The van der Waals surface area contributed by atoms with Crippen molar-refractivity contribution < 1.29 is 18.4 Å². The number of nitrogens with one attached hydrogen (secondary N) is 1. The van der Waals surface area contributed by atoms with Crippen molar-refractivity contribution in [1.82, 2.24) is 4.90 Å². The second-order valence-electron chi connectivity index (χ2n) is 7.39. The number of amides is 2. The zero-order chi connectivity index (χ0) is 22.4. The van der Waals surface area contributed by atoms with Gasteiger partial charge in [-0.3, -0.25) is 9.59 Å². The summed E-state index contributed by atoms with van der Waals surface area (Å²) in [6.45, 7) is 2.52. The van der Waals surface area contributed by atoms with Crippen molar-refractivity contribution in [3.63, 3.8) is 0 Å². The van der Waals surface area contributed by atoms with Gasteiger partial charge in [-0.1, -0.05) is 13.0 Å². The molecule has 0 aliphatic carbocycles. The van der Waals surface area contributed by atoms with Gasteiger partial charge in [0.05, 0.1) is 12.8 Å². The molecule has 1 N–H and O–H groups in total. The van der Waals surface area contributed by atoms with Crippen LogP contribution in [-0.2, 0) is 17.9 Å². The van der Waals surface area contributed by atoms with Gasteiger partial charge in [0.1, 0.15) is 11.6 Å². The maximum atomic E-state index is 13.4. The van der Waals surface area contributed by atoms with E-state index in [9.17, 15) is 14.0 Å². The Morgan fingerprint density at radius 1 is 1.03 bits per heavy atom. The lowest BCUT2D eigenvalue weighted by atomic mass is 10.1. The smallest absolute Gasteiger partial charge is 0.255 e. The van der Waals surface area contributed by atoms with Gasteiger partial charge in [-0.25, -0.2) is 4.39 Å². The molecule has 0 saturated heterocycles. The predicted octanol–water partition coefficient (Wildman–Crippen LogP) is 4.68. The van der Waals surface area contributed by atoms with Gasteiger partial charge in [-0.05, 0) is 54.1 Å². The van der Waals surface area contributed by atoms with Gasteiger partial charge in [0.15, 0.2) is 0 Å². The Kier molecular flexibility index (Phi) is 7.07. The molecule has 2 aromatic carbocycles. The maximum Gasteiger partial charge on any atom is 0.255 e. The number of benzene rings is 2. The van der Waals surface area contributed by atoms with Crippen LogP contribution in [0.25, 0.3) is 0 Å². The molecule has 0 unspecified atom stereocenters. The van der Waals surface area contributed by atoms with Crippen LogP contribution in [0.2, 0.25) is 0 Å². The summed E-state index contributed by atoms with van der Waals surface area (Å²) in [5, 5.41) is 2.81. The highest BCUT2D eigenvalue weighted by molar-refractivity contribution is 6.04. The van der Waals surface area contributed by atoms with Crippen molar-refractivity contribution in [2.24, 2.45) is 0 Å². The van der Waals surface area contributed by atoms with E-state index in [1.807, 2.05) is 44.1 Å². The molecule has 0 fully saturated rings. The van der Waals surface area contributed by atoms with Crippen LogP contribution >= 0.6 is 0 Å². The molecule has 0 aliphatic rings. The number of hydrogen-bond donors (Lipinski definition) is 1. The first-order chi connectivity index (χ1) is 14.9. The molecular weight excluding hydrogens is 397 g/mol. The Hall–Kier alpha value is -3.61.